The van der Waals surface area contributed by atoms with E-state index in [0.717, 1.165) is 16.5 Å². The first-order valence-electron chi connectivity index (χ1n) is 5.50. The largest absolute Gasteiger partial charge is 0.244 e. The van der Waals surface area contributed by atoms with E-state index in [9.17, 15) is 0 Å². The lowest BCUT2D eigenvalue weighted by Crippen LogP contribution is -2.27. The van der Waals surface area contributed by atoms with Crippen LogP contribution in [0, 0.1) is 11.3 Å². The second-order valence-electron chi connectivity index (χ2n) is 4.25. The highest BCUT2D eigenvalue weighted by atomic mass is 32.2. The molecular formula is C13H14N2S2. The molecule has 2 rings (SSSR count). The number of hydrogen-bond donors (Lipinski definition) is 0. The Morgan fingerprint density at radius 1 is 1.41 bits per heavy atom. The standard InChI is InChI=1S/C13H14N2S2/c1-13(2)12(16-9-5-8-14)15-10-6-3-4-7-11(10)17-13/h3-4,6-7H,5,9H2,1-2H3. The van der Waals surface area contributed by atoms with Gasteiger partial charge in [-0.15, -0.1) is 23.5 Å². The summed E-state index contributed by atoms with van der Waals surface area (Å²) in [6, 6.07) is 10.4. The van der Waals surface area contributed by atoms with Gasteiger partial charge in [-0.2, -0.15) is 5.26 Å². The van der Waals surface area contributed by atoms with Gasteiger partial charge in [0.15, 0.2) is 0 Å². The number of nitriles is 1. The molecular weight excluding hydrogens is 248 g/mol. The molecule has 0 radical (unpaired) electrons. The third-order valence-corrected chi connectivity index (χ3v) is 5.10. The second kappa shape index (κ2) is 5.16. The molecule has 0 aromatic heterocycles. The van der Waals surface area contributed by atoms with Gasteiger partial charge in [0.1, 0.15) is 0 Å². The quantitative estimate of drug-likeness (QED) is 0.748. The Morgan fingerprint density at radius 2 is 2.18 bits per heavy atom. The number of rotatable bonds is 2. The molecule has 0 aliphatic carbocycles. The highest BCUT2D eigenvalue weighted by molar-refractivity contribution is 8.16. The number of nitrogens with zero attached hydrogens (tertiary/aromatic N) is 2. The van der Waals surface area contributed by atoms with Crippen LogP contribution in [0.5, 0.6) is 0 Å². The lowest BCUT2D eigenvalue weighted by molar-refractivity contribution is 0.953. The van der Waals surface area contributed by atoms with Crippen molar-refractivity contribution >= 4 is 34.3 Å². The van der Waals surface area contributed by atoms with Crippen LogP contribution in [0.3, 0.4) is 0 Å². The van der Waals surface area contributed by atoms with Gasteiger partial charge in [0.2, 0.25) is 0 Å². The number of fused-ring (bicyclic) bond motifs is 1. The summed E-state index contributed by atoms with van der Waals surface area (Å²) in [6.07, 6.45) is 0.575. The van der Waals surface area contributed by atoms with Crippen molar-refractivity contribution in [1.29, 1.82) is 5.26 Å². The first-order chi connectivity index (χ1) is 8.13. The van der Waals surface area contributed by atoms with E-state index in [1.807, 2.05) is 30.0 Å². The number of thioether (sulfide) groups is 2. The van der Waals surface area contributed by atoms with E-state index in [1.54, 1.807) is 11.8 Å². The highest BCUT2D eigenvalue weighted by Crippen LogP contribution is 2.46. The normalized spacial score (nSPS) is 16.9. The van der Waals surface area contributed by atoms with E-state index in [4.69, 9.17) is 10.3 Å². The van der Waals surface area contributed by atoms with Crippen molar-refractivity contribution in [1.82, 2.24) is 0 Å². The fraction of sp³-hybridized carbons (Fsp3) is 0.385. The fourth-order valence-corrected chi connectivity index (χ4v) is 3.84. The summed E-state index contributed by atoms with van der Waals surface area (Å²) in [5.74, 6) is 0.821. The predicted octanol–water partition coefficient (Wildman–Crippen LogP) is 4.25. The van der Waals surface area contributed by atoms with Crippen LogP contribution in [0.2, 0.25) is 0 Å². The Balaban J connectivity index is 2.24. The molecule has 17 heavy (non-hydrogen) atoms. The van der Waals surface area contributed by atoms with Gasteiger partial charge in [0, 0.05) is 17.1 Å². The average Bonchev–Trinajstić information content (AvgIpc) is 2.29. The molecule has 0 N–H and O–H groups in total. The maximum absolute atomic E-state index is 8.58. The maximum Gasteiger partial charge on any atom is 0.0898 e. The molecule has 2 nitrogen and oxygen atoms in total. The summed E-state index contributed by atoms with van der Waals surface area (Å²) in [7, 11) is 0. The summed E-state index contributed by atoms with van der Waals surface area (Å²) >= 11 is 3.54. The zero-order valence-electron chi connectivity index (χ0n) is 9.93. The van der Waals surface area contributed by atoms with Gasteiger partial charge in [-0.1, -0.05) is 12.1 Å². The summed E-state index contributed by atoms with van der Waals surface area (Å²) in [5, 5.41) is 9.70. The zero-order valence-corrected chi connectivity index (χ0v) is 11.6. The Kier molecular flexibility index (Phi) is 3.80. The average molecular weight is 262 g/mol. The third-order valence-electron chi connectivity index (χ3n) is 2.42. The van der Waals surface area contributed by atoms with Crippen LogP contribution >= 0.6 is 23.5 Å². The third kappa shape index (κ3) is 2.85. The Bertz CT molecular complexity index is 486. The number of para-hydroxylation sites is 1. The minimum Gasteiger partial charge on any atom is -0.244 e. The molecule has 4 heteroatoms. The predicted molar refractivity (Wildman–Crippen MR) is 76.2 cm³/mol. The fourth-order valence-electron chi connectivity index (χ4n) is 1.60. The minimum absolute atomic E-state index is 0.00841. The monoisotopic (exact) mass is 262 g/mol. The molecule has 0 bridgehead atoms. The molecule has 1 aliphatic rings. The number of benzene rings is 1. The van der Waals surface area contributed by atoms with Crippen LogP contribution in [0.15, 0.2) is 34.2 Å². The summed E-state index contributed by atoms with van der Waals surface area (Å²) in [6.45, 7) is 4.37. The first-order valence-corrected chi connectivity index (χ1v) is 7.30. The van der Waals surface area contributed by atoms with E-state index in [0.29, 0.717) is 6.42 Å². The van der Waals surface area contributed by atoms with E-state index >= 15 is 0 Å². The zero-order chi connectivity index (χ0) is 12.3. The van der Waals surface area contributed by atoms with Crippen molar-refractivity contribution in [2.24, 2.45) is 4.99 Å². The van der Waals surface area contributed by atoms with E-state index in [2.05, 4.69) is 26.0 Å². The van der Waals surface area contributed by atoms with E-state index in [-0.39, 0.29) is 4.75 Å². The van der Waals surface area contributed by atoms with Crippen LogP contribution in [0.25, 0.3) is 0 Å². The van der Waals surface area contributed by atoms with Gasteiger partial charge < -0.3 is 0 Å². The van der Waals surface area contributed by atoms with E-state index < -0.39 is 0 Å². The molecule has 0 amide bonds. The van der Waals surface area contributed by atoms with Gasteiger partial charge in [-0.3, -0.25) is 0 Å². The number of aliphatic imine (C=N–C) groups is 1. The molecule has 0 spiro atoms. The van der Waals surface area contributed by atoms with Crippen molar-refractivity contribution < 1.29 is 0 Å². The van der Waals surface area contributed by atoms with Crippen molar-refractivity contribution in [3.63, 3.8) is 0 Å². The second-order valence-corrected chi connectivity index (χ2v) is 7.00. The molecule has 0 unspecified atom stereocenters. The minimum atomic E-state index is 0.00841. The lowest BCUT2D eigenvalue weighted by atomic mass is 10.2. The van der Waals surface area contributed by atoms with Crippen molar-refractivity contribution in [2.75, 3.05) is 5.75 Å². The first kappa shape index (κ1) is 12.5. The van der Waals surface area contributed by atoms with Gasteiger partial charge in [-0.25, -0.2) is 4.99 Å². The van der Waals surface area contributed by atoms with Crippen LogP contribution < -0.4 is 0 Å². The Morgan fingerprint density at radius 3 is 2.94 bits per heavy atom. The van der Waals surface area contributed by atoms with Gasteiger partial charge >= 0.3 is 0 Å². The van der Waals surface area contributed by atoms with Crippen LogP contribution in [-0.4, -0.2) is 15.5 Å². The van der Waals surface area contributed by atoms with Crippen molar-refractivity contribution in [2.45, 2.75) is 29.9 Å². The topological polar surface area (TPSA) is 36.1 Å². The van der Waals surface area contributed by atoms with Gasteiger partial charge in [0.25, 0.3) is 0 Å². The summed E-state index contributed by atoms with van der Waals surface area (Å²) in [4.78, 5) is 5.96. The molecule has 88 valence electrons. The molecule has 0 saturated heterocycles. The summed E-state index contributed by atoms with van der Waals surface area (Å²) in [5.41, 5.74) is 1.05. The molecule has 0 saturated carbocycles. The van der Waals surface area contributed by atoms with Gasteiger partial charge in [-0.05, 0) is 26.0 Å². The molecule has 0 fully saturated rings. The lowest BCUT2D eigenvalue weighted by Gasteiger charge is -2.30. The van der Waals surface area contributed by atoms with Crippen LogP contribution in [-0.2, 0) is 0 Å². The van der Waals surface area contributed by atoms with Crippen molar-refractivity contribution in [3.05, 3.63) is 24.3 Å². The van der Waals surface area contributed by atoms with Crippen molar-refractivity contribution in [3.8, 4) is 6.07 Å². The highest BCUT2D eigenvalue weighted by Gasteiger charge is 2.31. The molecule has 1 aromatic rings. The van der Waals surface area contributed by atoms with Crippen LogP contribution in [0.1, 0.15) is 20.3 Å². The number of hydrogen-bond acceptors (Lipinski definition) is 4. The van der Waals surface area contributed by atoms with E-state index in [1.165, 1.54) is 4.90 Å². The Labute approximate surface area is 111 Å². The molecule has 1 heterocycles. The Hall–Kier alpha value is -0.920. The van der Waals surface area contributed by atoms with Gasteiger partial charge in [0.05, 0.1) is 21.5 Å². The smallest absolute Gasteiger partial charge is 0.0898 e. The van der Waals surface area contributed by atoms with Crippen LogP contribution in [0.4, 0.5) is 5.69 Å². The summed E-state index contributed by atoms with van der Waals surface area (Å²) < 4.78 is 0.00841. The SMILES string of the molecule is CC1(C)Sc2ccccc2N=C1SCCC#N. The molecule has 1 aliphatic heterocycles. The molecule has 1 aromatic carbocycles. The maximum atomic E-state index is 8.58. The molecule has 0 atom stereocenters.